The molecule has 3 rings (SSSR count). The molecule has 2 aromatic rings. The third-order valence-corrected chi connectivity index (χ3v) is 5.57. The van der Waals surface area contributed by atoms with Crippen molar-refractivity contribution in [1.29, 1.82) is 0 Å². The summed E-state index contributed by atoms with van der Waals surface area (Å²) < 4.78 is 4.83. The summed E-state index contributed by atoms with van der Waals surface area (Å²) in [6.07, 6.45) is 1.21. The lowest BCUT2D eigenvalue weighted by Gasteiger charge is -2.37. The molecule has 0 spiro atoms. The van der Waals surface area contributed by atoms with E-state index in [-0.39, 0.29) is 11.8 Å². The number of carbonyl (C=O) groups excluding carboxylic acids is 3. The number of nitrogens with one attached hydrogen (secondary N) is 1. The van der Waals surface area contributed by atoms with E-state index in [2.05, 4.69) is 24.1 Å². The van der Waals surface area contributed by atoms with Gasteiger partial charge in [0.1, 0.15) is 0 Å². The molecule has 1 heterocycles. The highest BCUT2D eigenvalue weighted by Crippen LogP contribution is 2.29. The third-order valence-electron chi connectivity index (χ3n) is 5.57. The van der Waals surface area contributed by atoms with Gasteiger partial charge in [-0.25, -0.2) is 4.79 Å². The third kappa shape index (κ3) is 5.87. The number of benzene rings is 2. The Balaban J connectivity index is 1.74. The van der Waals surface area contributed by atoms with Crippen LogP contribution in [-0.4, -0.2) is 56.0 Å². The lowest BCUT2D eigenvalue weighted by Crippen LogP contribution is -2.49. The van der Waals surface area contributed by atoms with Crippen LogP contribution in [0.2, 0.25) is 0 Å². The molecule has 32 heavy (non-hydrogen) atoms. The van der Waals surface area contributed by atoms with Gasteiger partial charge in [0.2, 0.25) is 5.91 Å². The van der Waals surface area contributed by atoms with Crippen LogP contribution in [0.25, 0.3) is 0 Å². The van der Waals surface area contributed by atoms with Crippen LogP contribution in [0.1, 0.15) is 47.4 Å². The normalized spacial score (nSPS) is 13.8. The summed E-state index contributed by atoms with van der Waals surface area (Å²) in [5, 5.41) is 2.97. The Bertz CT molecular complexity index is 951. The van der Waals surface area contributed by atoms with Crippen LogP contribution < -0.4 is 10.2 Å². The second-order valence-corrected chi connectivity index (χ2v) is 8.35. The van der Waals surface area contributed by atoms with Gasteiger partial charge in [0, 0.05) is 38.2 Å². The van der Waals surface area contributed by atoms with E-state index in [0.717, 1.165) is 12.1 Å². The summed E-state index contributed by atoms with van der Waals surface area (Å²) >= 11 is 0. The molecule has 170 valence electrons. The Hall–Kier alpha value is -3.35. The molecule has 1 aliphatic heterocycles. The molecule has 7 nitrogen and oxygen atoms in total. The largest absolute Gasteiger partial charge is 0.465 e. The molecule has 1 fully saturated rings. The fraction of sp³-hybridized carbons (Fsp3) is 0.400. The predicted molar refractivity (Wildman–Crippen MR) is 125 cm³/mol. The number of methoxy groups -OCH3 is 1. The standard InChI is InChI=1S/C25H31N3O4/c1-18(2)9-12-23(29)26-21-17-20(25(31)32-3)10-11-22(21)27-13-15-28(16-14-27)24(30)19-7-5-4-6-8-19/h4-8,10-11,17-18H,9,12-16H2,1-3H3,(H,26,29). The summed E-state index contributed by atoms with van der Waals surface area (Å²) in [5.74, 6) is -0.0854. The Kier molecular flexibility index (Phi) is 7.87. The first kappa shape index (κ1) is 23.3. The Morgan fingerprint density at radius 2 is 1.66 bits per heavy atom. The zero-order chi connectivity index (χ0) is 23.1. The van der Waals surface area contributed by atoms with Crippen molar-refractivity contribution in [2.75, 3.05) is 43.5 Å². The van der Waals surface area contributed by atoms with Crippen LogP contribution in [0.3, 0.4) is 0 Å². The van der Waals surface area contributed by atoms with Gasteiger partial charge in [-0.15, -0.1) is 0 Å². The first-order valence-corrected chi connectivity index (χ1v) is 11.0. The molecule has 0 saturated carbocycles. The minimum absolute atomic E-state index is 0.0218. The van der Waals surface area contributed by atoms with Crippen LogP contribution in [0, 0.1) is 5.92 Å². The number of rotatable bonds is 7. The molecule has 0 atom stereocenters. The Morgan fingerprint density at radius 3 is 2.28 bits per heavy atom. The molecular weight excluding hydrogens is 406 g/mol. The van der Waals surface area contributed by atoms with Gasteiger partial charge in [-0.05, 0) is 42.7 Å². The number of piperazine rings is 1. The van der Waals surface area contributed by atoms with Crippen molar-refractivity contribution in [3.8, 4) is 0 Å². The van der Waals surface area contributed by atoms with Crippen molar-refractivity contribution in [3.63, 3.8) is 0 Å². The Morgan fingerprint density at radius 1 is 0.969 bits per heavy atom. The molecule has 0 radical (unpaired) electrons. The van der Waals surface area contributed by atoms with E-state index >= 15 is 0 Å². The zero-order valence-electron chi connectivity index (χ0n) is 19.0. The molecule has 0 unspecified atom stereocenters. The smallest absolute Gasteiger partial charge is 0.337 e. The van der Waals surface area contributed by atoms with Crippen molar-refractivity contribution < 1.29 is 19.1 Å². The van der Waals surface area contributed by atoms with E-state index in [4.69, 9.17) is 4.74 Å². The lowest BCUT2D eigenvalue weighted by molar-refractivity contribution is -0.116. The van der Waals surface area contributed by atoms with Gasteiger partial charge in [-0.1, -0.05) is 32.0 Å². The molecule has 0 bridgehead atoms. The van der Waals surface area contributed by atoms with Gasteiger partial charge in [-0.2, -0.15) is 0 Å². The topological polar surface area (TPSA) is 79.0 Å². The molecule has 0 aromatic heterocycles. The number of carbonyl (C=O) groups is 3. The summed E-state index contributed by atoms with van der Waals surface area (Å²) in [7, 11) is 1.33. The fourth-order valence-electron chi connectivity index (χ4n) is 3.70. The van der Waals surface area contributed by atoms with E-state index in [0.29, 0.717) is 55.3 Å². The first-order chi connectivity index (χ1) is 15.4. The van der Waals surface area contributed by atoms with E-state index in [1.165, 1.54) is 7.11 Å². The molecular formula is C25H31N3O4. The molecule has 1 saturated heterocycles. The summed E-state index contributed by atoms with van der Waals surface area (Å²) in [6.45, 7) is 6.57. The number of hydrogen-bond donors (Lipinski definition) is 1. The fourth-order valence-corrected chi connectivity index (χ4v) is 3.70. The van der Waals surface area contributed by atoms with Crippen molar-refractivity contribution in [2.45, 2.75) is 26.7 Å². The van der Waals surface area contributed by atoms with Crippen molar-refractivity contribution in [1.82, 2.24) is 4.90 Å². The average molecular weight is 438 g/mol. The molecule has 2 aromatic carbocycles. The van der Waals surface area contributed by atoms with Gasteiger partial charge in [-0.3, -0.25) is 9.59 Å². The monoisotopic (exact) mass is 437 g/mol. The quantitative estimate of drug-likeness (QED) is 0.667. The zero-order valence-corrected chi connectivity index (χ0v) is 19.0. The number of esters is 1. The SMILES string of the molecule is COC(=O)c1ccc(N2CCN(C(=O)c3ccccc3)CC2)c(NC(=O)CCC(C)C)c1. The average Bonchev–Trinajstić information content (AvgIpc) is 2.82. The molecule has 1 aliphatic rings. The first-order valence-electron chi connectivity index (χ1n) is 11.0. The number of nitrogens with zero attached hydrogens (tertiary/aromatic N) is 2. The molecule has 2 amide bonds. The van der Waals surface area contributed by atoms with Gasteiger partial charge in [0.25, 0.3) is 5.91 Å². The van der Waals surface area contributed by atoms with Gasteiger partial charge in [0.15, 0.2) is 0 Å². The highest BCUT2D eigenvalue weighted by atomic mass is 16.5. The highest BCUT2D eigenvalue weighted by Gasteiger charge is 2.24. The number of hydrogen-bond acceptors (Lipinski definition) is 5. The summed E-state index contributed by atoms with van der Waals surface area (Å²) in [4.78, 5) is 41.2. The molecule has 0 aliphatic carbocycles. The number of amides is 2. The molecule has 1 N–H and O–H groups in total. The van der Waals surface area contributed by atoms with E-state index in [9.17, 15) is 14.4 Å². The predicted octanol–water partition coefficient (Wildman–Crippen LogP) is 3.81. The van der Waals surface area contributed by atoms with E-state index in [1.807, 2.05) is 41.3 Å². The van der Waals surface area contributed by atoms with Crippen LogP contribution >= 0.6 is 0 Å². The highest BCUT2D eigenvalue weighted by molar-refractivity contribution is 5.98. The van der Waals surface area contributed by atoms with Crippen LogP contribution in [0.15, 0.2) is 48.5 Å². The van der Waals surface area contributed by atoms with Crippen molar-refractivity contribution in [3.05, 3.63) is 59.7 Å². The number of ether oxygens (including phenoxy) is 1. The van der Waals surface area contributed by atoms with Gasteiger partial charge in [0.05, 0.1) is 24.0 Å². The summed E-state index contributed by atoms with van der Waals surface area (Å²) in [6, 6.07) is 14.5. The summed E-state index contributed by atoms with van der Waals surface area (Å²) in [5.41, 5.74) is 2.49. The van der Waals surface area contributed by atoms with E-state index < -0.39 is 5.97 Å². The van der Waals surface area contributed by atoms with Gasteiger partial charge >= 0.3 is 5.97 Å². The van der Waals surface area contributed by atoms with Gasteiger partial charge < -0.3 is 19.9 Å². The maximum absolute atomic E-state index is 12.7. The number of anilines is 2. The second kappa shape index (κ2) is 10.8. The van der Waals surface area contributed by atoms with Crippen molar-refractivity contribution in [2.24, 2.45) is 5.92 Å². The van der Waals surface area contributed by atoms with E-state index in [1.54, 1.807) is 12.1 Å². The van der Waals surface area contributed by atoms with Crippen LogP contribution in [0.4, 0.5) is 11.4 Å². The lowest BCUT2D eigenvalue weighted by atomic mass is 10.1. The minimum atomic E-state index is -0.451. The van der Waals surface area contributed by atoms with Crippen molar-refractivity contribution >= 4 is 29.2 Å². The second-order valence-electron chi connectivity index (χ2n) is 8.35. The molecule has 7 heteroatoms. The van der Waals surface area contributed by atoms with Crippen LogP contribution in [0.5, 0.6) is 0 Å². The Labute approximate surface area is 189 Å². The van der Waals surface area contributed by atoms with Crippen LogP contribution in [-0.2, 0) is 9.53 Å². The maximum atomic E-state index is 12.7. The maximum Gasteiger partial charge on any atom is 0.337 e. The minimum Gasteiger partial charge on any atom is -0.465 e.